The molecule has 0 unspecified atom stereocenters. The number of nitrogens with zero attached hydrogens (tertiary/aromatic N) is 1. The highest BCUT2D eigenvalue weighted by Crippen LogP contribution is 2.23. The highest BCUT2D eigenvalue weighted by atomic mass is 32.1. The van der Waals surface area contributed by atoms with Gasteiger partial charge in [0.05, 0.1) is 4.88 Å². The average Bonchev–Trinajstić information content (AvgIpc) is 2.46. The second-order valence-electron chi connectivity index (χ2n) is 2.82. The van der Waals surface area contributed by atoms with Crippen LogP contribution in [-0.4, -0.2) is 10.9 Å². The number of primary amides is 1. The lowest BCUT2D eigenvalue weighted by Gasteiger charge is -1.89. The molecule has 3 nitrogen and oxygen atoms in total. The molecular formula is C9H8N2OS. The fraction of sp³-hybridized carbons (Fsp3) is 0.111. The maximum absolute atomic E-state index is 10.9. The van der Waals surface area contributed by atoms with E-state index >= 15 is 0 Å². The summed E-state index contributed by atoms with van der Waals surface area (Å²) in [5, 5.41) is 0.976. The van der Waals surface area contributed by atoms with Gasteiger partial charge in [-0.3, -0.25) is 4.79 Å². The number of thiophene rings is 1. The Morgan fingerprint density at radius 3 is 3.00 bits per heavy atom. The molecule has 0 saturated heterocycles. The molecule has 66 valence electrons. The molecule has 0 atom stereocenters. The van der Waals surface area contributed by atoms with Gasteiger partial charge in [0.1, 0.15) is 4.83 Å². The van der Waals surface area contributed by atoms with Crippen LogP contribution in [0.2, 0.25) is 0 Å². The number of fused-ring (bicyclic) bond motifs is 1. The molecule has 1 amide bonds. The normalized spacial score (nSPS) is 10.5. The van der Waals surface area contributed by atoms with Crippen LogP contribution in [0.15, 0.2) is 18.2 Å². The third kappa shape index (κ3) is 1.40. The minimum Gasteiger partial charge on any atom is -0.365 e. The van der Waals surface area contributed by atoms with Gasteiger partial charge in [-0.15, -0.1) is 11.3 Å². The van der Waals surface area contributed by atoms with Gasteiger partial charge in [-0.05, 0) is 19.1 Å². The van der Waals surface area contributed by atoms with E-state index < -0.39 is 0 Å². The first kappa shape index (κ1) is 8.19. The van der Waals surface area contributed by atoms with Crippen molar-refractivity contribution in [1.29, 1.82) is 0 Å². The van der Waals surface area contributed by atoms with Gasteiger partial charge < -0.3 is 5.73 Å². The Hall–Kier alpha value is -1.42. The predicted octanol–water partition coefficient (Wildman–Crippen LogP) is 1.70. The van der Waals surface area contributed by atoms with E-state index in [-0.39, 0.29) is 5.91 Å². The molecule has 0 bridgehead atoms. The molecule has 2 heterocycles. The van der Waals surface area contributed by atoms with Crippen molar-refractivity contribution in [3.8, 4) is 0 Å². The Kier molecular flexibility index (Phi) is 1.77. The number of amides is 1. The van der Waals surface area contributed by atoms with Gasteiger partial charge in [0.15, 0.2) is 0 Å². The molecule has 4 heteroatoms. The molecule has 0 aromatic carbocycles. The first-order valence-electron chi connectivity index (χ1n) is 3.84. The smallest absolute Gasteiger partial charge is 0.258 e. The van der Waals surface area contributed by atoms with E-state index in [1.807, 2.05) is 19.1 Å². The number of nitrogens with two attached hydrogens (primary N) is 1. The molecule has 13 heavy (non-hydrogen) atoms. The summed E-state index contributed by atoms with van der Waals surface area (Å²) in [4.78, 5) is 16.6. The summed E-state index contributed by atoms with van der Waals surface area (Å²) in [5.74, 6) is -0.388. The summed E-state index contributed by atoms with van der Waals surface area (Å²) in [6, 6.07) is 5.63. The molecule has 2 rings (SSSR count). The summed E-state index contributed by atoms with van der Waals surface area (Å²) < 4.78 is 0. The average molecular weight is 192 g/mol. The Bertz CT molecular complexity index is 475. The van der Waals surface area contributed by atoms with E-state index in [4.69, 9.17) is 5.73 Å². The summed E-state index contributed by atoms with van der Waals surface area (Å²) >= 11 is 1.33. The molecule has 2 aromatic rings. The number of carbonyl (C=O) groups excluding carboxylic acids is 1. The molecule has 0 radical (unpaired) electrons. The molecule has 2 N–H and O–H groups in total. The molecular weight excluding hydrogens is 184 g/mol. The van der Waals surface area contributed by atoms with Crippen LogP contribution >= 0.6 is 11.3 Å². The largest absolute Gasteiger partial charge is 0.365 e. The van der Waals surface area contributed by atoms with Gasteiger partial charge in [0.25, 0.3) is 5.91 Å². The minimum atomic E-state index is -0.388. The van der Waals surface area contributed by atoms with Gasteiger partial charge in [-0.2, -0.15) is 0 Å². The van der Waals surface area contributed by atoms with Crippen LogP contribution in [-0.2, 0) is 0 Å². The quantitative estimate of drug-likeness (QED) is 0.747. The third-order valence-electron chi connectivity index (χ3n) is 1.77. The van der Waals surface area contributed by atoms with Crippen molar-refractivity contribution in [2.75, 3.05) is 0 Å². The number of rotatable bonds is 1. The van der Waals surface area contributed by atoms with Crippen molar-refractivity contribution >= 4 is 27.5 Å². The van der Waals surface area contributed by atoms with Gasteiger partial charge in [-0.1, -0.05) is 6.07 Å². The van der Waals surface area contributed by atoms with Gasteiger partial charge in [-0.25, -0.2) is 4.98 Å². The highest BCUT2D eigenvalue weighted by Gasteiger charge is 2.06. The van der Waals surface area contributed by atoms with Crippen LogP contribution in [0.1, 0.15) is 15.4 Å². The second kappa shape index (κ2) is 2.81. The van der Waals surface area contributed by atoms with E-state index in [1.165, 1.54) is 11.3 Å². The predicted molar refractivity (Wildman–Crippen MR) is 52.9 cm³/mol. The molecule has 2 aromatic heterocycles. The van der Waals surface area contributed by atoms with Crippen LogP contribution in [0.5, 0.6) is 0 Å². The summed E-state index contributed by atoms with van der Waals surface area (Å²) in [7, 11) is 0. The Labute approximate surface area is 79.2 Å². The first-order chi connectivity index (χ1) is 6.16. The van der Waals surface area contributed by atoms with E-state index in [0.717, 1.165) is 15.9 Å². The lowest BCUT2D eigenvalue weighted by Crippen LogP contribution is -2.07. The summed E-state index contributed by atoms with van der Waals surface area (Å²) in [6.45, 7) is 1.92. The number of hydrogen-bond donors (Lipinski definition) is 1. The minimum absolute atomic E-state index is 0.388. The number of aromatic nitrogens is 1. The molecule has 0 aliphatic rings. The maximum Gasteiger partial charge on any atom is 0.258 e. The molecule has 0 fully saturated rings. The van der Waals surface area contributed by atoms with Crippen molar-refractivity contribution in [3.63, 3.8) is 0 Å². The van der Waals surface area contributed by atoms with E-state index in [9.17, 15) is 4.79 Å². The third-order valence-corrected chi connectivity index (χ3v) is 2.82. The number of carbonyl (C=O) groups is 1. The van der Waals surface area contributed by atoms with Crippen molar-refractivity contribution in [3.05, 3.63) is 28.8 Å². The molecule has 0 spiro atoms. The van der Waals surface area contributed by atoms with Crippen LogP contribution in [0.25, 0.3) is 10.2 Å². The topological polar surface area (TPSA) is 56.0 Å². The van der Waals surface area contributed by atoms with Crippen molar-refractivity contribution in [2.45, 2.75) is 6.92 Å². The molecule has 0 aliphatic carbocycles. The van der Waals surface area contributed by atoms with Crippen LogP contribution in [0.3, 0.4) is 0 Å². The van der Waals surface area contributed by atoms with Gasteiger partial charge >= 0.3 is 0 Å². The zero-order valence-corrected chi connectivity index (χ0v) is 7.89. The fourth-order valence-electron chi connectivity index (χ4n) is 1.13. The first-order valence-corrected chi connectivity index (χ1v) is 4.65. The number of aryl methyl sites for hydroxylation is 1. The monoisotopic (exact) mass is 192 g/mol. The Morgan fingerprint density at radius 2 is 2.31 bits per heavy atom. The zero-order chi connectivity index (χ0) is 9.42. The maximum atomic E-state index is 10.9. The van der Waals surface area contributed by atoms with Gasteiger partial charge in [0.2, 0.25) is 0 Å². The van der Waals surface area contributed by atoms with E-state index in [0.29, 0.717) is 4.88 Å². The highest BCUT2D eigenvalue weighted by molar-refractivity contribution is 7.20. The van der Waals surface area contributed by atoms with E-state index in [1.54, 1.807) is 6.07 Å². The Balaban J connectivity index is 2.68. The standard InChI is InChI=1S/C9H8N2OS/c1-5-2-3-6-4-7(8(10)12)13-9(6)11-5/h2-4H,1H3,(H2,10,12). The van der Waals surface area contributed by atoms with Crippen molar-refractivity contribution in [2.24, 2.45) is 5.73 Å². The van der Waals surface area contributed by atoms with Crippen molar-refractivity contribution in [1.82, 2.24) is 4.98 Å². The van der Waals surface area contributed by atoms with Crippen LogP contribution in [0.4, 0.5) is 0 Å². The zero-order valence-electron chi connectivity index (χ0n) is 7.07. The number of hydrogen-bond acceptors (Lipinski definition) is 3. The van der Waals surface area contributed by atoms with Crippen LogP contribution in [0, 0.1) is 6.92 Å². The molecule has 0 aliphatic heterocycles. The van der Waals surface area contributed by atoms with E-state index in [2.05, 4.69) is 4.98 Å². The second-order valence-corrected chi connectivity index (χ2v) is 3.85. The molecule has 0 saturated carbocycles. The number of pyridine rings is 1. The summed E-state index contributed by atoms with van der Waals surface area (Å²) in [6.07, 6.45) is 0. The van der Waals surface area contributed by atoms with Crippen LogP contribution < -0.4 is 5.73 Å². The lowest BCUT2D eigenvalue weighted by atomic mass is 10.3. The van der Waals surface area contributed by atoms with Gasteiger partial charge in [0, 0.05) is 11.1 Å². The SMILES string of the molecule is Cc1ccc2cc(C(N)=O)sc2n1. The lowest BCUT2D eigenvalue weighted by molar-refractivity contribution is 0.100. The fourth-order valence-corrected chi connectivity index (χ4v) is 2.06. The van der Waals surface area contributed by atoms with Crippen molar-refractivity contribution < 1.29 is 4.79 Å². The Morgan fingerprint density at radius 1 is 1.54 bits per heavy atom. The summed E-state index contributed by atoms with van der Waals surface area (Å²) in [5.41, 5.74) is 6.11.